The molecule has 0 spiro atoms. The number of furan rings is 1. The topological polar surface area (TPSA) is 72.4 Å². The highest BCUT2D eigenvalue weighted by Gasteiger charge is 2.29. The van der Waals surface area contributed by atoms with Crippen LogP contribution in [0, 0.1) is 11.7 Å². The van der Waals surface area contributed by atoms with Crippen LogP contribution in [0.3, 0.4) is 0 Å². The Balaban J connectivity index is 1.39. The first-order chi connectivity index (χ1) is 12.2. The van der Waals surface area contributed by atoms with E-state index in [1.165, 1.54) is 18.4 Å². The molecule has 3 aromatic rings. The first-order valence-corrected chi connectivity index (χ1v) is 8.10. The molecule has 4 rings (SSSR count). The minimum absolute atomic E-state index is 0.0902. The largest absolute Gasteiger partial charge is 0.459 e. The van der Waals surface area contributed by atoms with E-state index >= 15 is 0 Å². The zero-order valence-electron chi connectivity index (χ0n) is 13.4. The molecule has 7 heteroatoms. The maximum absolute atomic E-state index is 13.0. The third-order valence-corrected chi connectivity index (χ3v) is 4.34. The summed E-state index contributed by atoms with van der Waals surface area (Å²) in [4.78, 5) is 18.4. The van der Waals surface area contributed by atoms with E-state index in [4.69, 9.17) is 8.94 Å². The van der Waals surface area contributed by atoms with Crippen LogP contribution in [-0.2, 0) is 6.42 Å². The van der Waals surface area contributed by atoms with Gasteiger partial charge in [0.2, 0.25) is 0 Å². The van der Waals surface area contributed by atoms with Crippen LogP contribution in [0.5, 0.6) is 0 Å². The van der Waals surface area contributed by atoms with E-state index < -0.39 is 0 Å². The zero-order valence-corrected chi connectivity index (χ0v) is 13.4. The lowest BCUT2D eigenvalue weighted by molar-refractivity contribution is 0.0755. The molecule has 1 aromatic carbocycles. The lowest BCUT2D eigenvalue weighted by Crippen LogP contribution is -2.28. The summed E-state index contributed by atoms with van der Waals surface area (Å²) in [5, 5.41) is 4.00. The van der Waals surface area contributed by atoms with E-state index in [-0.39, 0.29) is 17.6 Å². The Bertz CT molecular complexity index is 858. The summed E-state index contributed by atoms with van der Waals surface area (Å²) in [6.07, 6.45) is 3.01. The number of hydrogen-bond acceptors (Lipinski definition) is 5. The average molecular weight is 341 g/mol. The van der Waals surface area contributed by atoms with Gasteiger partial charge in [0, 0.05) is 25.1 Å². The van der Waals surface area contributed by atoms with Crippen LogP contribution in [0.15, 0.2) is 51.6 Å². The summed E-state index contributed by atoms with van der Waals surface area (Å²) >= 11 is 0. The molecule has 0 radical (unpaired) electrons. The number of aromatic nitrogens is 2. The fraction of sp³-hybridized carbons (Fsp3) is 0.278. The zero-order chi connectivity index (χ0) is 17.2. The van der Waals surface area contributed by atoms with Crippen LogP contribution in [0.25, 0.3) is 11.5 Å². The van der Waals surface area contributed by atoms with Gasteiger partial charge in [-0.25, -0.2) is 4.39 Å². The lowest BCUT2D eigenvalue weighted by atomic mass is 10.1. The van der Waals surface area contributed by atoms with Crippen molar-refractivity contribution in [1.82, 2.24) is 15.0 Å². The maximum Gasteiger partial charge on any atom is 0.289 e. The molecule has 25 heavy (non-hydrogen) atoms. The summed E-state index contributed by atoms with van der Waals surface area (Å²) in [5.74, 6) is 1.20. The Morgan fingerprint density at radius 2 is 2.12 bits per heavy atom. The number of hydrogen-bond donors (Lipinski definition) is 0. The highest BCUT2D eigenvalue weighted by molar-refractivity contribution is 5.91. The number of rotatable bonds is 4. The third-order valence-electron chi connectivity index (χ3n) is 4.34. The average Bonchev–Trinajstić information content (AvgIpc) is 3.37. The number of nitrogens with zero attached hydrogens (tertiary/aromatic N) is 3. The van der Waals surface area contributed by atoms with Crippen molar-refractivity contribution in [3.63, 3.8) is 0 Å². The summed E-state index contributed by atoms with van der Waals surface area (Å²) in [7, 11) is 0. The number of carbonyl (C=O) groups is 1. The van der Waals surface area contributed by atoms with Gasteiger partial charge < -0.3 is 13.8 Å². The molecular formula is C18H16FN3O3. The van der Waals surface area contributed by atoms with Gasteiger partial charge in [-0.05, 0) is 48.7 Å². The van der Waals surface area contributed by atoms with E-state index in [1.807, 2.05) is 0 Å². The van der Waals surface area contributed by atoms with E-state index in [2.05, 4.69) is 10.1 Å². The van der Waals surface area contributed by atoms with Crippen molar-refractivity contribution in [3.05, 3.63) is 60.1 Å². The smallest absolute Gasteiger partial charge is 0.289 e. The van der Waals surface area contributed by atoms with Crippen molar-refractivity contribution >= 4 is 5.91 Å². The van der Waals surface area contributed by atoms with Gasteiger partial charge in [0.05, 0.1) is 6.26 Å². The van der Waals surface area contributed by atoms with Gasteiger partial charge in [-0.3, -0.25) is 4.79 Å². The molecule has 6 nitrogen and oxygen atoms in total. The highest BCUT2D eigenvalue weighted by atomic mass is 19.1. The molecule has 2 aromatic heterocycles. The quantitative estimate of drug-likeness (QED) is 0.729. The molecule has 0 N–H and O–H groups in total. The normalized spacial score (nSPS) is 17.2. The molecule has 128 valence electrons. The van der Waals surface area contributed by atoms with Gasteiger partial charge in [-0.1, -0.05) is 5.16 Å². The van der Waals surface area contributed by atoms with Crippen LogP contribution >= 0.6 is 0 Å². The van der Waals surface area contributed by atoms with E-state index in [0.29, 0.717) is 42.5 Å². The van der Waals surface area contributed by atoms with Crippen molar-refractivity contribution in [2.75, 3.05) is 13.1 Å². The molecular weight excluding hydrogens is 325 g/mol. The number of benzene rings is 1. The summed E-state index contributed by atoms with van der Waals surface area (Å²) in [6.45, 7) is 1.33. The Morgan fingerprint density at radius 3 is 2.88 bits per heavy atom. The Labute approximate surface area is 143 Å². The van der Waals surface area contributed by atoms with E-state index in [9.17, 15) is 9.18 Å². The Morgan fingerprint density at radius 1 is 1.28 bits per heavy atom. The number of halogens is 1. The van der Waals surface area contributed by atoms with Gasteiger partial charge in [-0.15, -0.1) is 0 Å². The minimum Gasteiger partial charge on any atom is -0.459 e. The summed E-state index contributed by atoms with van der Waals surface area (Å²) in [5.41, 5.74) is 0.682. The van der Waals surface area contributed by atoms with Gasteiger partial charge in [0.15, 0.2) is 11.6 Å². The first-order valence-electron chi connectivity index (χ1n) is 8.10. The molecule has 0 aliphatic carbocycles. The van der Waals surface area contributed by atoms with Crippen molar-refractivity contribution < 1.29 is 18.1 Å². The third kappa shape index (κ3) is 3.31. The molecule has 1 unspecified atom stereocenters. The second-order valence-electron chi connectivity index (χ2n) is 6.11. The van der Waals surface area contributed by atoms with Crippen LogP contribution in [-0.4, -0.2) is 34.0 Å². The minimum atomic E-state index is -0.309. The van der Waals surface area contributed by atoms with Crippen LogP contribution in [0.1, 0.15) is 22.8 Å². The van der Waals surface area contributed by atoms with Crippen molar-refractivity contribution in [2.24, 2.45) is 5.92 Å². The lowest BCUT2D eigenvalue weighted by Gasteiger charge is -2.14. The molecule has 3 heterocycles. The fourth-order valence-electron chi connectivity index (χ4n) is 3.04. The molecule has 1 fully saturated rings. The van der Waals surface area contributed by atoms with Gasteiger partial charge in [0.25, 0.3) is 11.8 Å². The van der Waals surface area contributed by atoms with Crippen molar-refractivity contribution in [3.8, 4) is 11.5 Å². The van der Waals surface area contributed by atoms with E-state index in [0.717, 1.165) is 6.42 Å². The van der Waals surface area contributed by atoms with Gasteiger partial charge in [0.1, 0.15) is 5.82 Å². The molecule has 1 aliphatic rings. The highest BCUT2D eigenvalue weighted by Crippen LogP contribution is 2.23. The number of likely N-dealkylation sites (tertiary alicyclic amines) is 1. The Kier molecular flexibility index (Phi) is 4.05. The van der Waals surface area contributed by atoms with Crippen molar-refractivity contribution in [2.45, 2.75) is 12.8 Å². The van der Waals surface area contributed by atoms with Gasteiger partial charge >= 0.3 is 0 Å². The molecule has 1 aliphatic heterocycles. The molecule has 0 bridgehead atoms. The summed E-state index contributed by atoms with van der Waals surface area (Å²) < 4.78 is 23.4. The maximum atomic E-state index is 13.0. The first kappa shape index (κ1) is 15.6. The second-order valence-corrected chi connectivity index (χ2v) is 6.11. The summed E-state index contributed by atoms with van der Waals surface area (Å²) in [6, 6.07) is 9.29. The van der Waals surface area contributed by atoms with E-state index in [1.54, 1.807) is 29.2 Å². The van der Waals surface area contributed by atoms with Crippen LogP contribution in [0.2, 0.25) is 0 Å². The van der Waals surface area contributed by atoms with Gasteiger partial charge in [-0.2, -0.15) is 4.98 Å². The SMILES string of the molecule is O=C(c1ccco1)N1CCC(Cc2noc(-c3ccc(F)cc3)n2)C1. The van der Waals surface area contributed by atoms with Crippen molar-refractivity contribution in [1.29, 1.82) is 0 Å². The Hall–Kier alpha value is -2.96. The number of amides is 1. The predicted octanol–water partition coefficient (Wildman–Crippen LogP) is 3.17. The fourth-order valence-corrected chi connectivity index (χ4v) is 3.04. The standard InChI is InChI=1S/C18H16FN3O3/c19-14-5-3-13(4-6-14)17-20-16(21-25-17)10-12-7-8-22(11-12)18(23)15-2-1-9-24-15/h1-6,9,12H,7-8,10-11H2. The van der Waals surface area contributed by atoms with Crippen LogP contribution < -0.4 is 0 Å². The molecule has 1 atom stereocenters. The predicted molar refractivity (Wildman–Crippen MR) is 86.1 cm³/mol. The monoisotopic (exact) mass is 341 g/mol. The van der Waals surface area contributed by atoms with Crippen LogP contribution in [0.4, 0.5) is 4.39 Å². The molecule has 0 saturated carbocycles. The second kappa shape index (κ2) is 6.51. The number of carbonyl (C=O) groups excluding carboxylic acids is 1. The molecule has 1 saturated heterocycles. The molecule has 1 amide bonds.